The Bertz CT molecular complexity index is 1080. The van der Waals surface area contributed by atoms with Crippen molar-refractivity contribution in [2.45, 2.75) is 40.7 Å². The zero-order valence-electron chi connectivity index (χ0n) is 17.8. The largest absolute Gasteiger partial charge is 0.332 e. The molecule has 152 valence electrons. The molecule has 0 atom stereocenters. The standard InChI is InChI=1S/C22H27N5O2/c1-13(2)27-21-18(11-23-27)17(10-15(4)24-21)22(29)26(6)12-20(28)25-19-9-7-8-14(3)16(19)5/h7-11,13H,12H2,1-6H3,(H,25,28). The van der Waals surface area contributed by atoms with Gasteiger partial charge in [-0.3, -0.25) is 9.59 Å². The molecule has 3 rings (SSSR count). The van der Waals surface area contributed by atoms with Crippen LogP contribution in [0.1, 0.15) is 47.1 Å². The van der Waals surface area contributed by atoms with E-state index in [1.807, 2.05) is 52.8 Å². The van der Waals surface area contributed by atoms with Crippen LogP contribution in [-0.2, 0) is 4.79 Å². The number of hydrogen-bond donors (Lipinski definition) is 1. The van der Waals surface area contributed by atoms with E-state index in [1.54, 1.807) is 24.0 Å². The number of benzene rings is 1. The lowest BCUT2D eigenvalue weighted by Crippen LogP contribution is -2.35. The maximum atomic E-state index is 13.1. The molecule has 2 heterocycles. The molecule has 7 heteroatoms. The molecule has 1 N–H and O–H groups in total. The predicted molar refractivity (Wildman–Crippen MR) is 114 cm³/mol. The number of amides is 2. The Morgan fingerprint density at radius 3 is 2.62 bits per heavy atom. The number of rotatable bonds is 5. The summed E-state index contributed by atoms with van der Waals surface area (Å²) in [4.78, 5) is 31.6. The van der Waals surface area contributed by atoms with Crippen LogP contribution in [0.3, 0.4) is 0 Å². The molecular weight excluding hydrogens is 366 g/mol. The molecule has 0 aliphatic heterocycles. The van der Waals surface area contributed by atoms with Crippen molar-refractivity contribution in [2.24, 2.45) is 0 Å². The van der Waals surface area contributed by atoms with Gasteiger partial charge in [-0.1, -0.05) is 12.1 Å². The maximum absolute atomic E-state index is 13.1. The van der Waals surface area contributed by atoms with E-state index >= 15 is 0 Å². The van der Waals surface area contributed by atoms with E-state index in [9.17, 15) is 9.59 Å². The van der Waals surface area contributed by atoms with E-state index < -0.39 is 0 Å². The van der Waals surface area contributed by atoms with Gasteiger partial charge in [-0.15, -0.1) is 0 Å². The first-order chi connectivity index (χ1) is 13.7. The molecule has 0 saturated heterocycles. The summed E-state index contributed by atoms with van der Waals surface area (Å²) in [5.41, 5.74) is 4.79. The summed E-state index contributed by atoms with van der Waals surface area (Å²) in [6.45, 7) is 9.79. The van der Waals surface area contributed by atoms with Gasteiger partial charge >= 0.3 is 0 Å². The fourth-order valence-corrected chi connectivity index (χ4v) is 3.27. The van der Waals surface area contributed by atoms with Crippen LogP contribution in [0, 0.1) is 20.8 Å². The molecule has 0 fully saturated rings. The summed E-state index contributed by atoms with van der Waals surface area (Å²) in [5.74, 6) is -0.477. The van der Waals surface area contributed by atoms with Gasteiger partial charge in [-0.2, -0.15) is 5.10 Å². The summed E-state index contributed by atoms with van der Waals surface area (Å²) in [6.07, 6.45) is 1.67. The first kappa shape index (κ1) is 20.5. The highest BCUT2D eigenvalue weighted by Gasteiger charge is 2.21. The van der Waals surface area contributed by atoms with Gasteiger partial charge in [0, 0.05) is 24.5 Å². The number of fused-ring (bicyclic) bond motifs is 1. The lowest BCUT2D eigenvalue weighted by molar-refractivity contribution is -0.116. The third kappa shape index (κ3) is 4.13. The predicted octanol–water partition coefficient (Wildman–Crippen LogP) is 3.65. The van der Waals surface area contributed by atoms with Gasteiger partial charge in [0.05, 0.1) is 23.7 Å². The topological polar surface area (TPSA) is 80.1 Å². The fraction of sp³-hybridized carbons (Fsp3) is 0.364. The van der Waals surface area contributed by atoms with Gasteiger partial charge in [0.15, 0.2) is 5.65 Å². The molecule has 3 aromatic rings. The van der Waals surface area contributed by atoms with Crippen LogP contribution in [0.2, 0.25) is 0 Å². The Kier molecular flexibility index (Phi) is 5.68. The van der Waals surface area contributed by atoms with Gasteiger partial charge in [-0.25, -0.2) is 9.67 Å². The second-order valence-corrected chi connectivity index (χ2v) is 7.69. The quantitative estimate of drug-likeness (QED) is 0.718. The molecule has 1 aromatic carbocycles. The molecule has 0 saturated carbocycles. The Labute approximate surface area is 170 Å². The van der Waals surface area contributed by atoms with Crippen molar-refractivity contribution in [1.82, 2.24) is 19.7 Å². The third-order valence-corrected chi connectivity index (χ3v) is 5.02. The van der Waals surface area contributed by atoms with Crippen LogP contribution in [0.25, 0.3) is 11.0 Å². The van der Waals surface area contributed by atoms with Gasteiger partial charge in [-0.05, 0) is 57.9 Å². The Morgan fingerprint density at radius 1 is 1.21 bits per heavy atom. The lowest BCUT2D eigenvalue weighted by atomic mass is 10.1. The molecule has 0 aliphatic rings. The van der Waals surface area contributed by atoms with Gasteiger partial charge in [0.1, 0.15) is 0 Å². The maximum Gasteiger partial charge on any atom is 0.254 e. The summed E-state index contributed by atoms with van der Waals surface area (Å²) < 4.78 is 1.80. The number of carbonyl (C=O) groups is 2. The van der Waals surface area contributed by atoms with E-state index in [0.29, 0.717) is 16.6 Å². The first-order valence-corrected chi connectivity index (χ1v) is 9.65. The fourth-order valence-electron chi connectivity index (χ4n) is 3.27. The highest BCUT2D eigenvalue weighted by Crippen LogP contribution is 2.22. The van der Waals surface area contributed by atoms with Crippen molar-refractivity contribution in [3.8, 4) is 0 Å². The Morgan fingerprint density at radius 2 is 1.93 bits per heavy atom. The molecule has 29 heavy (non-hydrogen) atoms. The normalized spacial score (nSPS) is 11.1. The lowest BCUT2D eigenvalue weighted by Gasteiger charge is -2.18. The molecule has 2 amide bonds. The van der Waals surface area contributed by atoms with E-state index in [1.165, 1.54) is 4.90 Å². The zero-order chi connectivity index (χ0) is 21.3. The number of nitrogens with zero attached hydrogens (tertiary/aromatic N) is 4. The summed E-state index contributed by atoms with van der Waals surface area (Å²) in [5, 5.41) is 7.96. The van der Waals surface area contributed by atoms with Gasteiger partial charge < -0.3 is 10.2 Å². The minimum Gasteiger partial charge on any atom is -0.332 e. The average molecular weight is 393 g/mol. The number of anilines is 1. The summed E-state index contributed by atoms with van der Waals surface area (Å²) >= 11 is 0. The summed E-state index contributed by atoms with van der Waals surface area (Å²) in [6, 6.07) is 7.63. The van der Waals surface area contributed by atoms with Crippen LogP contribution in [0.5, 0.6) is 0 Å². The minimum atomic E-state index is -0.241. The molecule has 7 nitrogen and oxygen atoms in total. The number of aryl methyl sites for hydroxylation is 2. The van der Waals surface area contributed by atoms with Crippen molar-refractivity contribution in [1.29, 1.82) is 0 Å². The van der Waals surface area contributed by atoms with E-state index in [4.69, 9.17) is 0 Å². The Balaban J connectivity index is 1.81. The van der Waals surface area contributed by atoms with E-state index in [-0.39, 0.29) is 24.4 Å². The highest BCUT2D eigenvalue weighted by molar-refractivity contribution is 6.07. The molecule has 2 aromatic heterocycles. The molecule has 0 bridgehead atoms. The van der Waals surface area contributed by atoms with Gasteiger partial charge in [0.25, 0.3) is 5.91 Å². The monoisotopic (exact) mass is 393 g/mol. The van der Waals surface area contributed by atoms with Crippen molar-refractivity contribution in [3.05, 3.63) is 52.8 Å². The first-order valence-electron chi connectivity index (χ1n) is 9.65. The van der Waals surface area contributed by atoms with E-state index in [0.717, 1.165) is 22.5 Å². The number of nitrogens with one attached hydrogen (secondary N) is 1. The summed E-state index contributed by atoms with van der Waals surface area (Å²) in [7, 11) is 1.62. The number of likely N-dealkylation sites (N-methyl/N-ethyl adjacent to an activating group) is 1. The van der Waals surface area contributed by atoms with Crippen LogP contribution in [-0.4, -0.2) is 45.1 Å². The van der Waals surface area contributed by atoms with Crippen LogP contribution >= 0.6 is 0 Å². The number of pyridine rings is 1. The smallest absolute Gasteiger partial charge is 0.254 e. The van der Waals surface area contributed by atoms with Gasteiger partial charge in [0.2, 0.25) is 5.91 Å². The number of aromatic nitrogens is 3. The molecule has 0 unspecified atom stereocenters. The van der Waals surface area contributed by atoms with E-state index in [2.05, 4.69) is 15.4 Å². The molecular formula is C22H27N5O2. The van der Waals surface area contributed by atoms with Crippen LogP contribution in [0.15, 0.2) is 30.5 Å². The minimum absolute atomic E-state index is 0.0482. The van der Waals surface area contributed by atoms with Crippen molar-refractivity contribution in [2.75, 3.05) is 18.9 Å². The Hall–Kier alpha value is -3.22. The van der Waals surface area contributed by atoms with Crippen molar-refractivity contribution in [3.63, 3.8) is 0 Å². The van der Waals surface area contributed by atoms with Crippen molar-refractivity contribution < 1.29 is 9.59 Å². The highest BCUT2D eigenvalue weighted by atomic mass is 16.2. The second kappa shape index (κ2) is 8.03. The molecule has 0 radical (unpaired) electrons. The second-order valence-electron chi connectivity index (χ2n) is 7.69. The molecule has 0 aliphatic carbocycles. The average Bonchev–Trinajstić information content (AvgIpc) is 3.08. The zero-order valence-corrected chi connectivity index (χ0v) is 17.8. The SMILES string of the molecule is Cc1cc(C(=O)N(C)CC(=O)Nc2cccc(C)c2C)c2cnn(C(C)C)c2n1. The van der Waals surface area contributed by atoms with Crippen molar-refractivity contribution >= 4 is 28.5 Å². The van der Waals surface area contributed by atoms with Crippen LogP contribution < -0.4 is 5.32 Å². The number of hydrogen-bond acceptors (Lipinski definition) is 4. The third-order valence-electron chi connectivity index (χ3n) is 5.02. The molecule has 0 spiro atoms. The van der Waals surface area contributed by atoms with Crippen LogP contribution in [0.4, 0.5) is 5.69 Å². The number of carbonyl (C=O) groups excluding carboxylic acids is 2.